The Morgan fingerprint density at radius 3 is 2.43 bits per heavy atom. The number of likely N-dealkylation sites (tertiary alicyclic amines) is 1. The first-order chi connectivity index (χ1) is 13.7. The number of hydrogen-bond acceptors (Lipinski definition) is 4. The predicted octanol–water partition coefficient (Wildman–Crippen LogP) is 4.05. The van der Waals surface area contributed by atoms with Crippen molar-refractivity contribution in [3.63, 3.8) is 0 Å². The number of piperidine rings is 1. The fourth-order valence-electron chi connectivity index (χ4n) is 3.83. The van der Waals surface area contributed by atoms with Crippen molar-refractivity contribution in [1.29, 1.82) is 0 Å². The van der Waals surface area contributed by atoms with E-state index in [-0.39, 0.29) is 11.9 Å². The summed E-state index contributed by atoms with van der Waals surface area (Å²) in [6.45, 7) is 5.05. The van der Waals surface area contributed by atoms with Crippen LogP contribution in [0.4, 0.5) is 0 Å². The average Bonchev–Trinajstić information content (AvgIpc) is 2.75. The van der Waals surface area contributed by atoms with Crippen LogP contribution in [0, 0.1) is 0 Å². The molecule has 2 aromatic rings. The Morgan fingerprint density at radius 1 is 1.04 bits per heavy atom. The molecule has 1 saturated heterocycles. The van der Waals surface area contributed by atoms with Gasteiger partial charge in [0.1, 0.15) is 11.5 Å². The molecular weight excluding hydrogens is 352 g/mol. The summed E-state index contributed by atoms with van der Waals surface area (Å²) in [5.41, 5.74) is 1.69. The van der Waals surface area contributed by atoms with Gasteiger partial charge >= 0.3 is 0 Å². The van der Waals surface area contributed by atoms with E-state index in [0.29, 0.717) is 24.5 Å². The molecule has 150 valence electrons. The minimum atomic E-state index is -0.110. The Balaban J connectivity index is 1.79. The van der Waals surface area contributed by atoms with E-state index in [1.165, 1.54) is 19.3 Å². The van der Waals surface area contributed by atoms with E-state index in [2.05, 4.69) is 16.3 Å². The third-order valence-corrected chi connectivity index (χ3v) is 5.22. The van der Waals surface area contributed by atoms with Gasteiger partial charge < -0.3 is 14.8 Å². The van der Waals surface area contributed by atoms with E-state index in [4.69, 9.17) is 9.47 Å². The Bertz CT molecular complexity index is 772. The molecular formula is C23H30N2O3. The van der Waals surface area contributed by atoms with Crippen molar-refractivity contribution in [2.75, 3.05) is 33.4 Å². The van der Waals surface area contributed by atoms with Gasteiger partial charge in [0.25, 0.3) is 5.91 Å². The van der Waals surface area contributed by atoms with Crippen LogP contribution in [0.5, 0.6) is 11.5 Å². The van der Waals surface area contributed by atoms with Crippen LogP contribution in [-0.2, 0) is 0 Å². The second-order valence-electron chi connectivity index (χ2n) is 6.99. The molecule has 1 unspecified atom stereocenters. The minimum absolute atomic E-state index is 0.0830. The largest absolute Gasteiger partial charge is 0.496 e. The molecule has 28 heavy (non-hydrogen) atoms. The first-order valence-electron chi connectivity index (χ1n) is 10.1. The highest BCUT2D eigenvalue weighted by molar-refractivity contribution is 5.96. The summed E-state index contributed by atoms with van der Waals surface area (Å²) < 4.78 is 11.2. The highest BCUT2D eigenvalue weighted by Gasteiger charge is 2.25. The highest BCUT2D eigenvalue weighted by Crippen LogP contribution is 2.31. The second kappa shape index (κ2) is 10.1. The lowest BCUT2D eigenvalue weighted by molar-refractivity contribution is 0.0919. The first kappa shape index (κ1) is 20.2. The van der Waals surface area contributed by atoms with Gasteiger partial charge in [0.15, 0.2) is 0 Å². The van der Waals surface area contributed by atoms with Crippen molar-refractivity contribution in [3.05, 3.63) is 59.7 Å². The summed E-state index contributed by atoms with van der Waals surface area (Å²) in [6, 6.07) is 15.6. The lowest BCUT2D eigenvalue weighted by Gasteiger charge is -2.35. The van der Waals surface area contributed by atoms with Gasteiger partial charge in [-0.05, 0) is 51.1 Å². The smallest absolute Gasteiger partial charge is 0.255 e. The van der Waals surface area contributed by atoms with E-state index >= 15 is 0 Å². The van der Waals surface area contributed by atoms with Crippen LogP contribution in [0.1, 0.15) is 48.1 Å². The quantitative estimate of drug-likeness (QED) is 0.748. The van der Waals surface area contributed by atoms with Crippen LogP contribution < -0.4 is 14.8 Å². The van der Waals surface area contributed by atoms with Crippen molar-refractivity contribution < 1.29 is 14.3 Å². The van der Waals surface area contributed by atoms with Crippen molar-refractivity contribution >= 4 is 5.91 Å². The van der Waals surface area contributed by atoms with Crippen LogP contribution >= 0.6 is 0 Å². The molecule has 1 atom stereocenters. The van der Waals surface area contributed by atoms with Gasteiger partial charge in [-0.25, -0.2) is 0 Å². The molecule has 3 rings (SSSR count). The van der Waals surface area contributed by atoms with Crippen LogP contribution in [0.15, 0.2) is 48.5 Å². The van der Waals surface area contributed by atoms with Gasteiger partial charge in [-0.3, -0.25) is 9.69 Å². The zero-order valence-electron chi connectivity index (χ0n) is 16.8. The summed E-state index contributed by atoms with van der Waals surface area (Å²) in [6.07, 6.45) is 3.64. The monoisotopic (exact) mass is 382 g/mol. The summed E-state index contributed by atoms with van der Waals surface area (Å²) in [5.74, 6) is 1.37. The molecule has 1 heterocycles. The standard InChI is InChI=1S/C23H30N2O3/c1-3-28-22-14-8-6-12-19(22)23(26)24-17-20(25-15-9-4-10-16-25)18-11-5-7-13-21(18)27-2/h5-8,11-14,20H,3-4,9-10,15-17H2,1-2H3,(H,24,26). The number of benzene rings is 2. The lowest BCUT2D eigenvalue weighted by atomic mass is 10.0. The number of carbonyl (C=O) groups excluding carboxylic acids is 1. The zero-order valence-corrected chi connectivity index (χ0v) is 16.8. The number of ether oxygens (including phenoxy) is 2. The van der Waals surface area contributed by atoms with Gasteiger partial charge in [-0.2, -0.15) is 0 Å². The molecule has 1 amide bonds. The minimum Gasteiger partial charge on any atom is -0.496 e. The zero-order chi connectivity index (χ0) is 19.8. The SMILES string of the molecule is CCOc1ccccc1C(=O)NCC(c1ccccc1OC)N1CCCCC1. The maximum atomic E-state index is 12.9. The molecule has 0 spiro atoms. The van der Waals surface area contributed by atoms with Crippen molar-refractivity contribution in [1.82, 2.24) is 10.2 Å². The lowest BCUT2D eigenvalue weighted by Crippen LogP contribution is -2.40. The fraction of sp³-hybridized carbons (Fsp3) is 0.435. The second-order valence-corrected chi connectivity index (χ2v) is 6.99. The molecule has 0 aliphatic carbocycles. The number of para-hydroxylation sites is 2. The normalized spacial score (nSPS) is 15.6. The maximum Gasteiger partial charge on any atom is 0.255 e. The Hall–Kier alpha value is -2.53. The van der Waals surface area contributed by atoms with Gasteiger partial charge in [-0.1, -0.05) is 36.8 Å². The summed E-state index contributed by atoms with van der Waals surface area (Å²) in [7, 11) is 1.70. The summed E-state index contributed by atoms with van der Waals surface area (Å²) >= 11 is 0. The number of hydrogen-bond donors (Lipinski definition) is 1. The van der Waals surface area contributed by atoms with E-state index < -0.39 is 0 Å². The van der Waals surface area contributed by atoms with E-state index in [0.717, 1.165) is 24.4 Å². The van der Waals surface area contributed by atoms with E-state index in [1.807, 2.05) is 43.3 Å². The molecule has 0 bridgehead atoms. The molecule has 1 fully saturated rings. The van der Waals surface area contributed by atoms with Gasteiger partial charge in [0.2, 0.25) is 0 Å². The van der Waals surface area contributed by atoms with Crippen LogP contribution in [-0.4, -0.2) is 44.2 Å². The maximum absolute atomic E-state index is 12.9. The van der Waals surface area contributed by atoms with Gasteiger partial charge in [0.05, 0.1) is 25.3 Å². The first-order valence-corrected chi connectivity index (χ1v) is 10.1. The Labute approximate surface area is 167 Å². The molecule has 1 aliphatic heterocycles. The van der Waals surface area contributed by atoms with Crippen molar-refractivity contribution in [3.8, 4) is 11.5 Å². The highest BCUT2D eigenvalue weighted by atomic mass is 16.5. The Morgan fingerprint density at radius 2 is 1.71 bits per heavy atom. The van der Waals surface area contributed by atoms with Crippen LogP contribution in [0.2, 0.25) is 0 Å². The molecule has 5 nitrogen and oxygen atoms in total. The molecule has 2 aromatic carbocycles. The molecule has 1 N–H and O–H groups in total. The summed E-state index contributed by atoms with van der Waals surface area (Å²) in [4.78, 5) is 15.3. The van der Waals surface area contributed by atoms with Crippen molar-refractivity contribution in [2.45, 2.75) is 32.2 Å². The Kier molecular flexibility index (Phi) is 7.31. The van der Waals surface area contributed by atoms with Crippen molar-refractivity contribution in [2.24, 2.45) is 0 Å². The van der Waals surface area contributed by atoms with E-state index in [9.17, 15) is 4.79 Å². The predicted molar refractivity (Wildman–Crippen MR) is 111 cm³/mol. The molecule has 0 radical (unpaired) electrons. The van der Waals surface area contributed by atoms with Crippen LogP contribution in [0.25, 0.3) is 0 Å². The van der Waals surface area contributed by atoms with Gasteiger partial charge in [-0.15, -0.1) is 0 Å². The summed E-state index contributed by atoms with van der Waals surface area (Å²) in [5, 5.41) is 3.13. The molecule has 0 aromatic heterocycles. The number of nitrogens with zero attached hydrogens (tertiary/aromatic N) is 1. The van der Waals surface area contributed by atoms with Crippen LogP contribution in [0.3, 0.4) is 0 Å². The fourth-order valence-corrected chi connectivity index (χ4v) is 3.83. The molecule has 0 saturated carbocycles. The number of methoxy groups -OCH3 is 1. The van der Waals surface area contributed by atoms with E-state index in [1.54, 1.807) is 13.2 Å². The number of amides is 1. The number of carbonyl (C=O) groups is 1. The van der Waals surface area contributed by atoms with Gasteiger partial charge in [0, 0.05) is 12.1 Å². The third-order valence-electron chi connectivity index (χ3n) is 5.22. The molecule has 5 heteroatoms. The third kappa shape index (κ3) is 4.84. The number of nitrogens with one attached hydrogen (secondary N) is 1. The topological polar surface area (TPSA) is 50.8 Å². The number of rotatable bonds is 8. The molecule has 1 aliphatic rings. The average molecular weight is 383 g/mol.